The lowest BCUT2D eigenvalue weighted by Gasteiger charge is -2.33. The van der Waals surface area contributed by atoms with E-state index in [2.05, 4.69) is 256 Å². The van der Waals surface area contributed by atoms with Crippen molar-refractivity contribution in [2.75, 3.05) is 0 Å². The van der Waals surface area contributed by atoms with Crippen molar-refractivity contribution in [1.82, 2.24) is 0 Å². The first-order valence-electron chi connectivity index (χ1n) is 30.2. The van der Waals surface area contributed by atoms with Crippen LogP contribution in [0.2, 0.25) is 0 Å². The topological polar surface area (TPSA) is 0 Å². The maximum atomic E-state index is 2.73. The van der Waals surface area contributed by atoms with E-state index >= 15 is 0 Å². The molecule has 0 heteroatoms. The molecule has 8 aliphatic rings. The second-order valence-corrected chi connectivity index (χ2v) is 27.3. The first-order chi connectivity index (χ1) is 38.7. The first-order valence-corrected chi connectivity index (χ1v) is 30.2. The molecule has 0 N–H and O–H groups in total. The van der Waals surface area contributed by atoms with Crippen LogP contribution in [0, 0.1) is 11.8 Å². The SMILES string of the molecule is CC1(C)C(=CC=CCC2C=c3cc(C4=C5c6ccccc6C(C)(C)C5CC=C4)cc4c3c(c3c5c(cc(C6C=CC=C7C6c6ccccc6C7(C)C)cc54)=CC(c4cccc5c4-c4ccccc4C5(C)C)C3)C2)Cc2ccccc21. The van der Waals surface area contributed by atoms with Crippen LogP contribution in [0.4, 0.5) is 0 Å². The highest BCUT2D eigenvalue weighted by Crippen LogP contribution is 2.59. The van der Waals surface area contributed by atoms with E-state index in [1.165, 1.54) is 127 Å². The molecule has 0 heterocycles. The average molecular weight is 1030 g/mol. The molecule has 0 amide bonds. The fourth-order valence-corrected chi connectivity index (χ4v) is 17.8. The average Bonchev–Trinajstić information content (AvgIpc) is 3.63. The van der Waals surface area contributed by atoms with Crippen LogP contribution in [0.25, 0.3) is 56.0 Å². The largest absolute Gasteiger partial charge is 0.0839 e. The lowest BCUT2D eigenvalue weighted by Crippen LogP contribution is -2.25. The quantitative estimate of drug-likeness (QED) is 0.146. The predicted octanol–water partition coefficient (Wildman–Crippen LogP) is 18.2. The van der Waals surface area contributed by atoms with E-state index in [1.807, 2.05) is 0 Å². The molecule has 0 aromatic heterocycles. The van der Waals surface area contributed by atoms with E-state index in [0.717, 1.165) is 32.1 Å². The maximum Gasteiger partial charge on any atom is 0.0167 e. The van der Waals surface area contributed by atoms with Crippen LogP contribution in [0.5, 0.6) is 0 Å². The third-order valence-corrected chi connectivity index (χ3v) is 21.8. The van der Waals surface area contributed by atoms with Crippen molar-refractivity contribution in [1.29, 1.82) is 0 Å². The highest BCUT2D eigenvalue weighted by atomic mass is 14.5. The summed E-state index contributed by atoms with van der Waals surface area (Å²) in [4.78, 5) is 0. The number of hydrogen-bond acceptors (Lipinski definition) is 0. The molecule has 0 saturated carbocycles. The molecule has 0 spiro atoms. The van der Waals surface area contributed by atoms with Gasteiger partial charge in [0.25, 0.3) is 0 Å². The molecule has 0 radical (unpaired) electrons. The van der Waals surface area contributed by atoms with Gasteiger partial charge in [0.2, 0.25) is 0 Å². The molecule has 5 atom stereocenters. The molecule has 8 aromatic carbocycles. The zero-order valence-corrected chi connectivity index (χ0v) is 48.0. The highest BCUT2D eigenvalue weighted by molar-refractivity contribution is 6.14. The van der Waals surface area contributed by atoms with Crippen LogP contribution in [-0.2, 0) is 40.9 Å². The Morgan fingerprint density at radius 2 is 1.27 bits per heavy atom. The predicted molar refractivity (Wildman–Crippen MR) is 338 cm³/mol. The van der Waals surface area contributed by atoms with Gasteiger partial charge in [-0.1, -0.05) is 249 Å². The molecular formula is C80H72. The molecule has 8 aromatic rings. The molecule has 0 bridgehead atoms. The third-order valence-electron chi connectivity index (χ3n) is 21.8. The maximum absolute atomic E-state index is 2.73. The van der Waals surface area contributed by atoms with E-state index in [9.17, 15) is 0 Å². The summed E-state index contributed by atoms with van der Waals surface area (Å²) in [6, 6.07) is 54.9. The Hall–Kier alpha value is -7.54. The summed E-state index contributed by atoms with van der Waals surface area (Å²) in [6.07, 6.45) is 30.2. The summed E-state index contributed by atoms with van der Waals surface area (Å²) < 4.78 is 0. The molecule has 0 saturated heterocycles. The van der Waals surface area contributed by atoms with Crippen LogP contribution >= 0.6 is 0 Å². The second-order valence-electron chi connectivity index (χ2n) is 27.3. The van der Waals surface area contributed by atoms with Gasteiger partial charge in [-0.25, -0.2) is 0 Å². The van der Waals surface area contributed by atoms with Crippen LogP contribution in [0.1, 0.15) is 158 Å². The van der Waals surface area contributed by atoms with Crippen molar-refractivity contribution in [3.63, 3.8) is 0 Å². The van der Waals surface area contributed by atoms with E-state index in [-0.39, 0.29) is 39.4 Å². The van der Waals surface area contributed by atoms with E-state index in [4.69, 9.17) is 0 Å². The molecule has 5 unspecified atom stereocenters. The lowest BCUT2D eigenvalue weighted by molar-refractivity contribution is 0.415. The van der Waals surface area contributed by atoms with Gasteiger partial charge in [-0.2, -0.15) is 0 Å². The summed E-state index contributed by atoms with van der Waals surface area (Å²) in [5.41, 5.74) is 28.0. The van der Waals surface area contributed by atoms with Crippen LogP contribution in [0.15, 0.2) is 199 Å². The van der Waals surface area contributed by atoms with Gasteiger partial charge in [0.15, 0.2) is 0 Å². The Morgan fingerprint density at radius 1 is 0.588 bits per heavy atom. The molecule has 8 aliphatic carbocycles. The van der Waals surface area contributed by atoms with Gasteiger partial charge in [-0.15, -0.1) is 0 Å². The summed E-state index contributed by atoms with van der Waals surface area (Å²) >= 11 is 0. The Morgan fingerprint density at radius 3 is 2.10 bits per heavy atom. The minimum Gasteiger partial charge on any atom is -0.0839 e. The fraction of sp³-hybridized carbons (Fsp3) is 0.275. The van der Waals surface area contributed by atoms with Crippen molar-refractivity contribution >= 4 is 44.8 Å². The molecule has 0 nitrogen and oxygen atoms in total. The molecule has 0 aliphatic heterocycles. The Kier molecular flexibility index (Phi) is 10.3. The molecule has 0 fully saturated rings. The van der Waals surface area contributed by atoms with Gasteiger partial charge in [0.05, 0.1) is 0 Å². The summed E-state index contributed by atoms with van der Waals surface area (Å²) in [6.45, 7) is 19.6. The Labute approximate surface area is 474 Å². The van der Waals surface area contributed by atoms with Crippen LogP contribution in [0.3, 0.4) is 0 Å². The van der Waals surface area contributed by atoms with Crippen molar-refractivity contribution in [2.24, 2.45) is 11.8 Å². The number of allylic oxidation sites excluding steroid dienone is 12. The van der Waals surface area contributed by atoms with Gasteiger partial charge < -0.3 is 0 Å². The van der Waals surface area contributed by atoms with Crippen molar-refractivity contribution < 1.29 is 0 Å². The Bertz CT molecular complexity index is 4400. The summed E-state index contributed by atoms with van der Waals surface area (Å²) in [5, 5.41) is 8.65. The third kappa shape index (κ3) is 6.69. The van der Waals surface area contributed by atoms with Gasteiger partial charge in [-0.05, 0) is 194 Å². The zero-order chi connectivity index (χ0) is 54.2. The van der Waals surface area contributed by atoms with Gasteiger partial charge in [0, 0.05) is 34.0 Å². The van der Waals surface area contributed by atoms with Gasteiger partial charge in [-0.3, -0.25) is 0 Å². The number of rotatable bonds is 6. The normalized spacial score (nSPS) is 24.5. The van der Waals surface area contributed by atoms with Crippen LogP contribution in [-0.4, -0.2) is 0 Å². The molecule has 80 heavy (non-hydrogen) atoms. The number of benzene rings is 8. The van der Waals surface area contributed by atoms with E-state index < -0.39 is 0 Å². The summed E-state index contributed by atoms with van der Waals surface area (Å²) in [7, 11) is 0. The lowest BCUT2D eigenvalue weighted by atomic mass is 9.70. The number of hydrogen-bond donors (Lipinski definition) is 0. The van der Waals surface area contributed by atoms with Gasteiger partial charge >= 0.3 is 0 Å². The molecule has 392 valence electrons. The van der Waals surface area contributed by atoms with Crippen molar-refractivity contribution in [3.05, 3.63) is 282 Å². The van der Waals surface area contributed by atoms with E-state index in [1.54, 1.807) is 11.1 Å². The Balaban J connectivity index is 0.941. The first kappa shape index (κ1) is 48.4. The minimum atomic E-state index is -0.0649. The monoisotopic (exact) mass is 1030 g/mol. The number of fused-ring (bicyclic) bond motifs is 12. The molecule has 16 rings (SSSR count). The molecular weight excluding hydrogens is 961 g/mol. The van der Waals surface area contributed by atoms with Gasteiger partial charge in [0.1, 0.15) is 0 Å². The van der Waals surface area contributed by atoms with Crippen molar-refractivity contribution in [3.8, 4) is 11.1 Å². The smallest absolute Gasteiger partial charge is 0.0167 e. The minimum absolute atomic E-state index is 0.0367. The van der Waals surface area contributed by atoms with E-state index in [0.29, 0.717) is 11.8 Å². The highest BCUT2D eigenvalue weighted by Gasteiger charge is 2.47. The van der Waals surface area contributed by atoms with Crippen LogP contribution < -0.4 is 10.4 Å². The zero-order valence-electron chi connectivity index (χ0n) is 48.0. The standard InChI is InChI=1S/C80H72/c1-77(2)54(43-48-23-10-15-31-65(48)77)24-11-9-22-47-38-52-40-49(55-28-19-35-69-74(55)58-25-12-16-32-66(58)78(69,3)4)45-63-64-46-51(57-30-21-37-71-76(57)60-27-14-18-34-68(60)80(71,7)8)42-53-41-50(44-62(73(53)64)61(39-47)72(52)63)56-29-20-36-70-75(56)59-26-13-17-33-67(59)79(70,5)6/h9-21,23-34,36-38,40-42,45-47,50,57,69,76H,22,35,39,43-44H2,1-8H3. The second kappa shape index (κ2) is 17.0. The van der Waals surface area contributed by atoms with Crippen molar-refractivity contribution in [2.45, 2.75) is 127 Å². The fourth-order valence-electron chi connectivity index (χ4n) is 17.8. The summed E-state index contributed by atoms with van der Waals surface area (Å²) in [5.74, 6) is 1.51.